The maximum Gasteiger partial charge on any atom is 0.261 e. The number of hydrogen-bond donors (Lipinski definition) is 2. The second kappa shape index (κ2) is 4.61. The van der Waals surface area contributed by atoms with Crippen LogP contribution in [-0.2, 0) is 0 Å². The van der Waals surface area contributed by atoms with Gasteiger partial charge in [0.2, 0.25) is 5.91 Å². The summed E-state index contributed by atoms with van der Waals surface area (Å²) in [5.74, 6) is -0.678. The van der Waals surface area contributed by atoms with E-state index < -0.39 is 5.91 Å². The molecule has 0 atom stereocenters. The molecule has 0 aliphatic heterocycles. The Bertz CT molecular complexity index is 700. The Labute approximate surface area is 109 Å². The first-order valence-corrected chi connectivity index (χ1v) is 5.74. The average molecular weight is 258 g/mol. The molecule has 0 aliphatic carbocycles. The van der Waals surface area contributed by atoms with E-state index >= 15 is 0 Å². The number of primary amides is 1. The molecule has 19 heavy (non-hydrogen) atoms. The fraction of sp³-hybridized carbons (Fsp3) is 0.143. The molecule has 0 radical (unpaired) electrons. The maximum absolute atomic E-state index is 12.1. The van der Waals surface area contributed by atoms with Crippen LogP contribution in [0.4, 0.5) is 0 Å². The molecule has 0 fully saturated rings. The minimum absolute atomic E-state index is 0.139. The van der Waals surface area contributed by atoms with Crippen molar-refractivity contribution in [3.63, 3.8) is 0 Å². The molecule has 0 unspecified atom stereocenters. The molecule has 2 aromatic rings. The molecule has 0 aliphatic rings. The van der Waals surface area contributed by atoms with Gasteiger partial charge in [0.1, 0.15) is 0 Å². The molecule has 98 valence electrons. The molecular formula is C14H14N2O3. The van der Waals surface area contributed by atoms with Gasteiger partial charge in [0.25, 0.3) is 5.56 Å². The minimum Gasteiger partial charge on any atom is -0.494 e. The van der Waals surface area contributed by atoms with Gasteiger partial charge in [0.15, 0.2) is 5.88 Å². The Morgan fingerprint density at radius 3 is 2.32 bits per heavy atom. The summed E-state index contributed by atoms with van der Waals surface area (Å²) < 4.78 is 1.19. The van der Waals surface area contributed by atoms with E-state index in [9.17, 15) is 14.7 Å². The number of carbonyl (C=O) groups is 1. The number of amides is 1. The standard InChI is InChI=1S/C14H14N2O3/c1-8-7-12(17)16(14(19)9(8)2)11-5-3-10(4-6-11)13(15)18/h3-7,17H,1-2H3,(H2,15,18). The van der Waals surface area contributed by atoms with Crippen LogP contribution in [0.5, 0.6) is 5.88 Å². The Hall–Kier alpha value is -2.56. The van der Waals surface area contributed by atoms with Crippen LogP contribution in [0.3, 0.4) is 0 Å². The molecule has 1 aromatic carbocycles. The van der Waals surface area contributed by atoms with Crippen LogP contribution < -0.4 is 11.3 Å². The third-order valence-electron chi connectivity index (χ3n) is 3.10. The summed E-state index contributed by atoms with van der Waals surface area (Å²) in [5, 5.41) is 9.90. The second-order valence-corrected chi connectivity index (χ2v) is 4.36. The van der Waals surface area contributed by atoms with Crippen LogP contribution in [0.2, 0.25) is 0 Å². The third-order valence-corrected chi connectivity index (χ3v) is 3.10. The van der Waals surface area contributed by atoms with E-state index in [1.165, 1.54) is 22.8 Å². The van der Waals surface area contributed by atoms with E-state index in [-0.39, 0.29) is 11.4 Å². The molecule has 1 aromatic heterocycles. The quantitative estimate of drug-likeness (QED) is 0.850. The van der Waals surface area contributed by atoms with Crippen molar-refractivity contribution in [2.45, 2.75) is 13.8 Å². The lowest BCUT2D eigenvalue weighted by molar-refractivity contribution is 0.100. The summed E-state index contributed by atoms with van der Waals surface area (Å²) in [6.45, 7) is 3.46. The van der Waals surface area contributed by atoms with Gasteiger partial charge >= 0.3 is 0 Å². The van der Waals surface area contributed by atoms with Crippen LogP contribution in [0, 0.1) is 13.8 Å². The Morgan fingerprint density at radius 1 is 1.21 bits per heavy atom. The predicted octanol–water partition coefficient (Wildman–Crippen LogP) is 1.26. The lowest BCUT2D eigenvalue weighted by Gasteiger charge is -2.11. The van der Waals surface area contributed by atoms with E-state index in [0.717, 1.165) is 5.56 Å². The molecule has 2 rings (SSSR count). The Balaban J connectivity index is 2.63. The Kier molecular flexibility index (Phi) is 3.12. The number of pyridine rings is 1. The van der Waals surface area contributed by atoms with Crippen molar-refractivity contribution in [3.05, 3.63) is 57.4 Å². The fourth-order valence-electron chi connectivity index (χ4n) is 1.83. The molecule has 3 N–H and O–H groups in total. The predicted molar refractivity (Wildman–Crippen MR) is 71.7 cm³/mol. The van der Waals surface area contributed by atoms with Gasteiger partial charge in [-0.25, -0.2) is 4.57 Å². The molecule has 0 saturated carbocycles. The van der Waals surface area contributed by atoms with Crippen LogP contribution in [-0.4, -0.2) is 15.6 Å². The highest BCUT2D eigenvalue weighted by Gasteiger charge is 2.10. The van der Waals surface area contributed by atoms with Gasteiger partial charge in [0, 0.05) is 17.2 Å². The summed E-state index contributed by atoms with van der Waals surface area (Å²) in [6.07, 6.45) is 0. The number of rotatable bonds is 2. The van der Waals surface area contributed by atoms with Gasteiger partial charge in [-0.05, 0) is 43.7 Å². The van der Waals surface area contributed by atoms with Crippen molar-refractivity contribution < 1.29 is 9.90 Å². The number of carbonyl (C=O) groups excluding carboxylic acids is 1. The summed E-state index contributed by atoms with van der Waals surface area (Å²) in [7, 11) is 0. The molecule has 1 amide bonds. The van der Waals surface area contributed by atoms with E-state index in [2.05, 4.69) is 0 Å². The lowest BCUT2D eigenvalue weighted by atomic mass is 10.1. The highest BCUT2D eigenvalue weighted by atomic mass is 16.3. The Morgan fingerprint density at radius 2 is 1.79 bits per heavy atom. The number of nitrogens with two attached hydrogens (primary N) is 1. The lowest BCUT2D eigenvalue weighted by Crippen LogP contribution is -2.21. The molecule has 5 nitrogen and oxygen atoms in total. The van der Waals surface area contributed by atoms with Gasteiger partial charge in [-0.2, -0.15) is 0 Å². The number of aromatic nitrogens is 1. The van der Waals surface area contributed by atoms with Crippen molar-refractivity contribution in [2.75, 3.05) is 0 Å². The second-order valence-electron chi connectivity index (χ2n) is 4.36. The monoisotopic (exact) mass is 258 g/mol. The van der Waals surface area contributed by atoms with Crippen molar-refractivity contribution in [1.82, 2.24) is 4.57 Å². The third kappa shape index (κ3) is 2.22. The largest absolute Gasteiger partial charge is 0.494 e. The first kappa shape index (κ1) is 12.9. The first-order chi connectivity index (χ1) is 8.91. The number of hydrogen-bond acceptors (Lipinski definition) is 3. The normalized spacial score (nSPS) is 10.4. The maximum atomic E-state index is 12.1. The van der Waals surface area contributed by atoms with Gasteiger partial charge in [0.05, 0.1) is 5.69 Å². The molecule has 1 heterocycles. The summed E-state index contributed by atoms with van der Waals surface area (Å²) in [4.78, 5) is 23.1. The fourth-order valence-corrected chi connectivity index (χ4v) is 1.83. The smallest absolute Gasteiger partial charge is 0.261 e. The van der Waals surface area contributed by atoms with E-state index in [1.807, 2.05) is 0 Å². The number of aromatic hydroxyl groups is 1. The molecular weight excluding hydrogens is 244 g/mol. The summed E-state index contributed by atoms with van der Waals surface area (Å²) >= 11 is 0. The van der Waals surface area contributed by atoms with Gasteiger partial charge in [-0.15, -0.1) is 0 Å². The van der Waals surface area contributed by atoms with Crippen LogP contribution in [0.15, 0.2) is 35.1 Å². The minimum atomic E-state index is -0.539. The molecule has 5 heteroatoms. The van der Waals surface area contributed by atoms with E-state index in [0.29, 0.717) is 16.8 Å². The van der Waals surface area contributed by atoms with Crippen molar-refractivity contribution in [3.8, 4) is 11.6 Å². The zero-order valence-electron chi connectivity index (χ0n) is 10.7. The SMILES string of the molecule is Cc1cc(O)n(-c2ccc(C(N)=O)cc2)c(=O)c1C. The zero-order chi connectivity index (χ0) is 14.2. The summed E-state index contributed by atoms with van der Waals surface area (Å²) in [6, 6.07) is 7.68. The number of benzene rings is 1. The average Bonchev–Trinajstić information content (AvgIpc) is 2.37. The zero-order valence-corrected chi connectivity index (χ0v) is 10.7. The van der Waals surface area contributed by atoms with Crippen LogP contribution in [0.25, 0.3) is 5.69 Å². The topological polar surface area (TPSA) is 85.3 Å². The van der Waals surface area contributed by atoms with Crippen molar-refractivity contribution >= 4 is 5.91 Å². The number of nitrogens with zero attached hydrogens (tertiary/aromatic N) is 1. The van der Waals surface area contributed by atoms with E-state index in [4.69, 9.17) is 5.73 Å². The van der Waals surface area contributed by atoms with Crippen molar-refractivity contribution in [2.24, 2.45) is 5.73 Å². The van der Waals surface area contributed by atoms with E-state index in [1.54, 1.807) is 26.0 Å². The van der Waals surface area contributed by atoms with Crippen LogP contribution in [0.1, 0.15) is 21.5 Å². The van der Waals surface area contributed by atoms with Crippen molar-refractivity contribution in [1.29, 1.82) is 0 Å². The van der Waals surface area contributed by atoms with Gasteiger partial charge in [-0.1, -0.05) is 0 Å². The molecule has 0 bridgehead atoms. The highest BCUT2D eigenvalue weighted by molar-refractivity contribution is 5.92. The molecule has 0 saturated heterocycles. The highest BCUT2D eigenvalue weighted by Crippen LogP contribution is 2.17. The first-order valence-electron chi connectivity index (χ1n) is 5.74. The van der Waals surface area contributed by atoms with Crippen LogP contribution >= 0.6 is 0 Å². The van der Waals surface area contributed by atoms with Gasteiger partial charge in [-0.3, -0.25) is 9.59 Å². The molecule has 0 spiro atoms. The van der Waals surface area contributed by atoms with Gasteiger partial charge < -0.3 is 10.8 Å². The summed E-state index contributed by atoms with van der Waals surface area (Å²) in [5.41, 5.74) is 6.99. The number of aryl methyl sites for hydroxylation is 1.